The number of hydrogen-bond donors (Lipinski definition) is 0. The Balaban J connectivity index is 1.53. The summed E-state index contributed by atoms with van der Waals surface area (Å²) in [7, 11) is 0. The first-order chi connectivity index (χ1) is 15.6. The van der Waals surface area contributed by atoms with Gasteiger partial charge in [-0.25, -0.2) is 0 Å². The minimum atomic E-state index is -0.373. The van der Waals surface area contributed by atoms with Gasteiger partial charge in [0.15, 0.2) is 12.4 Å². The monoisotopic (exact) mass is 432 g/mol. The van der Waals surface area contributed by atoms with Gasteiger partial charge in [0.2, 0.25) is 5.91 Å². The lowest BCUT2D eigenvalue weighted by molar-refractivity contribution is -0.605. The highest BCUT2D eigenvalue weighted by Crippen LogP contribution is 2.16. The van der Waals surface area contributed by atoms with E-state index in [1.807, 2.05) is 42.5 Å². The predicted molar refractivity (Wildman–Crippen MR) is 116 cm³/mol. The number of carbonyl (C=O) groups is 2. The van der Waals surface area contributed by atoms with Gasteiger partial charge in [-0.05, 0) is 17.2 Å². The second kappa shape index (κ2) is 10.0. The number of ether oxygens (including phenoxy) is 1. The Morgan fingerprint density at radius 1 is 1.06 bits per heavy atom. The summed E-state index contributed by atoms with van der Waals surface area (Å²) in [5, 5.41) is 11.3. The van der Waals surface area contributed by atoms with Crippen molar-refractivity contribution in [3.05, 3.63) is 101 Å². The van der Waals surface area contributed by atoms with Gasteiger partial charge in [0.25, 0.3) is 5.91 Å². The molecule has 0 N–H and O–H groups in total. The minimum Gasteiger partial charge on any atom is -0.619 e. The van der Waals surface area contributed by atoms with Crippen LogP contribution in [0.4, 0.5) is 0 Å². The topological polar surface area (TPSA) is 89.7 Å². The molecule has 2 amide bonds. The van der Waals surface area contributed by atoms with Gasteiger partial charge in [-0.15, -0.1) is 0 Å². The van der Waals surface area contributed by atoms with Gasteiger partial charge in [0.1, 0.15) is 6.54 Å². The molecule has 1 saturated heterocycles. The average molecular weight is 432 g/mol. The summed E-state index contributed by atoms with van der Waals surface area (Å²) in [6.45, 7) is 1.35. The van der Waals surface area contributed by atoms with Gasteiger partial charge in [-0.3, -0.25) is 14.6 Å². The van der Waals surface area contributed by atoms with Gasteiger partial charge < -0.3 is 19.7 Å². The molecular formula is C24H24N4O4. The van der Waals surface area contributed by atoms with Crippen LogP contribution >= 0.6 is 0 Å². The molecule has 1 aliphatic heterocycles. The molecule has 1 fully saturated rings. The zero-order valence-corrected chi connectivity index (χ0v) is 17.5. The van der Waals surface area contributed by atoms with Crippen LogP contribution in [-0.2, 0) is 22.7 Å². The van der Waals surface area contributed by atoms with E-state index in [1.54, 1.807) is 17.3 Å². The van der Waals surface area contributed by atoms with Crippen LogP contribution in [0.1, 0.15) is 21.5 Å². The number of benzene rings is 1. The SMILES string of the molecule is O=C1CN(C(=O)c2cc[n+]([O-])cc2)C[C@@H](OCc2cccnc2)CN1Cc1ccccc1. The van der Waals surface area contributed by atoms with Gasteiger partial charge >= 0.3 is 0 Å². The first kappa shape index (κ1) is 21.5. The number of carbonyl (C=O) groups excluding carboxylic acids is 2. The smallest absolute Gasteiger partial charge is 0.254 e. The molecular weight excluding hydrogens is 408 g/mol. The molecule has 0 unspecified atom stereocenters. The maximum atomic E-state index is 13.1. The largest absolute Gasteiger partial charge is 0.619 e. The number of rotatable bonds is 6. The third-order valence-corrected chi connectivity index (χ3v) is 5.29. The van der Waals surface area contributed by atoms with E-state index in [1.165, 1.54) is 29.4 Å². The van der Waals surface area contributed by atoms with Crippen molar-refractivity contribution in [1.29, 1.82) is 0 Å². The Morgan fingerprint density at radius 2 is 1.81 bits per heavy atom. The van der Waals surface area contributed by atoms with Crippen LogP contribution in [0.15, 0.2) is 79.4 Å². The third kappa shape index (κ3) is 5.47. The normalized spacial score (nSPS) is 16.6. The molecule has 1 aromatic carbocycles. The predicted octanol–water partition coefficient (Wildman–Crippen LogP) is 1.78. The van der Waals surface area contributed by atoms with Crippen molar-refractivity contribution >= 4 is 11.8 Å². The lowest BCUT2D eigenvalue weighted by Gasteiger charge is -2.25. The molecule has 0 radical (unpaired) electrons. The van der Waals surface area contributed by atoms with E-state index in [2.05, 4.69) is 4.98 Å². The second-order valence-corrected chi connectivity index (χ2v) is 7.69. The van der Waals surface area contributed by atoms with E-state index in [0.29, 0.717) is 30.0 Å². The van der Waals surface area contributed by atoms with Crippen molar-refractivity contribution in [2.45, 2.75) is 19.3 Å². The summed E-state index contributed by atoms with van der Waals surface area (Å²) < 4.78 is 6.74. The van der Waals surface area contributed by atoms with Gasteiger partial charge in [-0.1, -0.05) is 36.4 Å². The molecule has 8 nitrogen and oxygen atoms in total. The molecule has 4 rings (SSSR count). The van der Waals surface area contributed by atoms with Crippen LogP contribution in [0.5, 0.6) is 0 Å². The zero-order valence-electron chi connectivity index (χ0n) is 17.5. The minimum absolute atomic E-state index is 0.0509. The summed E-state index contributed by atoms with van der Waals surface area (Å²) in [5.41, 5.74) is 2.28. The second-order valence-electron chi connectivity index (χ2n) is 7.69. The summed E-state index contributed by atoms with van der Waals surface area (Å²) in [4.78, 5) is 33.4. The fraction of sp³-hybridized carbons (Fsp3) is 0.250. The Kier molecular flexibility index (Phi) is 6.72. The zero-order chi connectivity index (χ0) is 22.3. The summed E-state index contributed by atoms with van der Waals surface area (Å²) in [6, 6.07) is 16.4. The summed E-state index contributed by atoms with van der Waals surface area (Å²) in [5.74, 6) is -0.458. The van der Waals surface area contributed by atoms with Crippen molar-refractivity contribution < 1.29 is 19.1 Å². The quantitative estimate of drug-likeness (QED) is 0.438. The molecule has 3 heterocycles. The van der Waals surface area contributed by atoms with Crippen molar-refractivity contribution in [2.75, 3.05) is 19.6 Å². The van der Waals surface area contributed by atoms with Crippen LogP contribution < -0.4 is 4.73 Å². The standard InChI is InChI=1S/C24H24N4O4/c29-23-17-27(24(30)21-8-11-28(31)12-9-21)16-22(32-18-20-7-4-10-25-13-20)15-26(23)14-19-5-2-1-3-6-19/h1-13,22H,14-18H2/t22-/m0/s1. The van der Waals surface area contributed by atoms with Crippen LogP contribution in [0.2, 0.25) is 0 Å². The summed E-state index contributed by atoms with van der Waals surface area (Å²) >= 11 is 0. The van der Waals surface area contributed by atoms with E-state index in [-0.39, 0.29) is 31.0 Å². The summed E-state index contributed by atoms with van der Waals surface area (Å²) in [6.07, 6.45) is 5.59. The first-order valence-corrected chi connectivity index (χ1v) is 10.4. The van der Waals surface area contributed by atoms with Crippen molar-refractivity contribution in [2.24, 2.45) is 0 Å². The molecule has 3 aromatic rings. The molecule has 32 heavy (non-hydrogen) atoms. The van der Waals surface area contributed by atoms with Crippen molar-refractivity contribution in [3.8, 4) is 0 Å². The van der Waals surface area contributed by atoms with E-state index in [4.69, 9.17) is 4.74 Å². The van der Waals surface area contributed by atoms with E-state index >= 15 is 0 Å². The molecule has 0 saturated carbocycles. The number of nitrogens with zero attached hydrogens (tertiary/aromatic N) is 4. The number of amides is 2. The molecule has 1 aliphatic rings. The Morgan fingerprint density at radius 3 is 2.53 bits per heavy atom. The Labute approximate surface area is 186 Å². The Hall–Kier alpha value is -3.78. The third-order valence-electron chi connectivity index (χ3n) is 5.29. The molecule has 1 atom stereocenters. The van der Waals surface area contributed by atoms with E-state index < -0.39 is 0 Å². The number of hydrogen-bond acceptors (Lipinski definition) is 5. The van der Waals surface area contributed by atoms with Crippen molar-refractivity contribution in [1.82, 2.24) is 14.8 Å². The number of pyridine rings is 2. The maximum absolute atomic E-state index is 13.1. The van der Waals surface area contributed by atoms with Crippen LogP contribution in [0.25, 0.3) is 0 Å². The molecule has 0 bridgehead atoms. The van der Waals surface area contributed by atoms with E-state index in [9.17, 15) is 14.8 Å². The molecule has 0 aliphatic carbocycles. The molecule has 8 heteroatoms. The Bertz CT molecular complexity index is 1040. The highest BCUT2D eigenvalue weighted by molar-refractivity contribution is 5.96. The van der Waals surface area contributed by atoms with Gasteiger partial charge in [-0.2, -0.15) is 4.73 Å². The highest BCUT2D eigenvalue weighted by Gasteiger charge is 2.31. The van der Waals surface area contributed by atoms with Crippen LogP contribution in [-0.4, -0.2) is 52.3 Å². The van der Waals surface area contributed by atoms with Gasteiger partial charge in [0.05, 0.1) is 18.3 Å². The van der Waals surface area contributed by atoms with Crippen LogP contribution in [0.3, 0.4) is 0 Å². The fourth-order valence-corrected chi connectivity index (χ4v) is 3.63. The highest BCUT2D eigenvalue weighted by atomic mass is 16.5. The van der Waals surface area contributed by atoms with Crippen molar-refractivity contribution in [3.63, 3.8) is 0 Å². The number of aromatic nitrogens is 2. The fourth-order valence-electron chi connectivity index (χ4n) is 3.63. The van der Waals surface area contributed by atoms with E-state index in [0.717, 1.165) is 11.1 Å². The maximum Gasteiger partial charge on any atom is 0.254 e. The molecule has 0 spiro atoms. The average Bonchev–Trinajstić information content (AvgIpc) is 2.98. The lowest BCUT2D eigenvalue weighted by Crippen LogP contribution is -2.40. The van der Waals surface area contributed by atoms with Crippen LogP contribution in [0, 0.1) is 5.21 Å². The van der Waals surface area contributed by atoms with Gasteiger partial charge in [0, 0.05) is 44.2 Å². The molecule has 164 valence electrons. The first-order valence-electron chi connectivity index (χ1n) is 10.4. The molecule has 2 aromatic heterocycles. The lowest BCUT2D eigenvalue weighted by atomic mass is 10.2.